The van der Waals surface area contributed by atoms with Crippen molar-refractivity contribution in [1.29, 1.82) is 0 Å². The number of hydrogen-bond donors (Lipinski definition) is 2. The van der Waals surface area contributed by atoms with Crippen LogP contribution in [0.4, 0.5) is 8.78 Å². The van der Waals surface area contributed by atoms with Crippen molar-refractivity contribution < 1.29 is 18.4 Å². The van der Waals surface area contributed by atoms with E-state index in [9.17, 15) is 18.4 Å². The highest BCUT2D eigenvalue weighted by molar-refractivity contribution is 8.00. The van der Waals surface area contributed by atoms with Crippen molar-refractivity contribution in [3.05, 3.63) is 51.2 Å². The summed E-state index contributed by atoms with van der Waals surface area (Å²) < 4.78 is 26.6. The van der Waals surface area contributed by atoms with Crippen molar-refractivity contribution in [2.75, 3.05) is 5.75 Å². The highest BCUT2D eigenvalue weighted by Gasteiger charge is 2.21. The molecule has 1 aromatic carbocycles. The molecule has 0 unspecified atom stereocenters. The number of benzene rings is 1. The summed E-state index contributed by atoms with van der Waals surface area (Å²) >= 11 is 2.31. The van der Waals surface area contributed by atoms with E-state index in [1.807, 2.05) is 6.07 Å². The number of carbonyl (C=O) groups excluding carboxylic acids is 2. The lowest BCUT2D eigenvalue weighted by Gasteiger charge is -2.16. The maximum absolute atomic E-state index is 13.5. The third-order valence-electron chi connectivity index (χ3n) is 4.12. The molecule has 2 N–H and O–H groups in total. The van der Waals surface area contributed by atoms with E-state index in [0.717, 1.165) is 49.2 Å². The molecular weight excluding hydrogens is 378 g/mol. The first kappa shape index (κ1) is 18.8. The molecule has 4 nitrogen and oxygen atoms in total. The fraction of sp³-hybridized carbons (Fsp3) is 0.333. The van der Waals surface area contributed by atoms with Crippen LogP contribution in [0.25, 0.3) is 0 Å². The Labute approximate surface area is 158 Å². The van der Waals surface area contributed by atoms with E-state index in [1.54, 1.807) is 0 Å². The number of amides is 2. The van der Waals surface area contributed by atoms with E-state index >= 15 is 0 Å². The molecule has 0 aliphatic heterocycles. The van der Waals surface area contributed by atoms with Gasteiger partial charge in [-0.1, -0.05) is 6.92 Å². The van der Waals surface area contributed by atoms with Crippen LogP contribution in [0.3, 0.4) is 0 Å². The Balaban J connectivity index is 1.50. The van der Waals surface area contributed by atoms with Crippen LogP contribution in [-0.2, 0) is 17.6 Å². The third-order valence-corrected chi connectivity index (χ3v) is 6.39. The summed E-state index contributed by atoms with van der Waals surface area (Å²) in [6.07, 6.45) is 3.08. The summed E-state index contributed by atoms with van der Waals surface area (Å²) in [5, 5.41) is 0. The number of thioether (sulfide) groups is 1. The second-order valence-electron chi connectivity index (χ2n) is 6.27. The van der Waals surface area contributed by atoms with E-state index in [-0.39, 0.29) is 16.6 Å². The molecule has 26 heavy (non-hydrogen) atoms. The summed E-state index contributed by atoms with van der Waals surface area (Å²) in [6, 6.07) is 4.94. The molecule has 0 saturated heterocycles. The molecule has 0 saturated carbocycles. The van der Waals surface area contributed by atoms with Gasteiger partial charge in [-0.15, -0.1) is 23.1 Å². The number of hydrazine groups is 1. The molecule has 2 amide bonds. The Morgan fingerprint density at radius 1 is 1.27 bits per heavy atom. The van der Waals surface area contributed by atoms with E-state index in [1.165, 1.54) is 21.8 Å². The molecule has 1 aliphatic rings. The number of fused-ring (bicyclic) bond motifs is 1. The van der Waals surface area contributed by atoms with E-state index in [2.05, 4.69) is 17.8 Å². The number of aryl methyl sites for hydroxylation is 1. The lowest BCUT2D eigenvalue weighted by Crippen LogP contribution is -2.42. The van der Waals surface area contributed by atoms with Crippen LogP contribution in [0.5, 0.6) is 0 Å². The number of nitrogens with one attached hydrogen (secondary N) is 2. The number of rotatable bonds is 4. The first-order chi connectivity index (χ1) is 12.4. The molecule has 0 bridgehead atoms. The van der Waals surface area contributed by atoms with Crippen LogP contribution in [-0.4, -0.2) is 17.6 Å². The summed E-state index contributed by atoms with van der Waals surface area (Å²) in [7, 11) is 0. The number of hydrogen-bond acceptors (Lipinski definition) is 4. The van der Waals surface area contributed by atoms with E-state index < -0.39 is 17.5 Å². The predicted molar refractivity (Wildman–Crippen MR) is 98.2 cm³/mol. The Hall–Kier alpha value is -1.93. The first-order valence-corrected chi connectivity index (χ1v) is 10.0. The lowest BCUT2D eigenvalue weighted by atomic mass is 9.90. The molecule has 138 valence electrons. The third kappa shape index (κ3) is 4.62. The largest absolute Gasteiger partial charge is 0.279 e. The number of thiophene rings is 1. The van der Waals surface area contributed by atoms with E-state index in [0.29, 0.717) is 10.8 Å². The van der Waals surface area contributed by atoms with Crippen LogP contribution < -0.4 is 10.9 Å². The fourth-order valence-corrected chi connectivity index (χ4v) is 4.64. The van der Waals surface area contributed by atoms with Crippen LogP contribution in [0, 0.1) is 17.6 Å². The lowest BCUT2D eigenvalue weighted by molar-refractivity contribution is -0.119. The van der Waals surface area contributed by atoms with Gasteiger partial charge in [-0.3, -0.25) is 20.4 Å². The Kier molecular flexibility index (Phi) is 5.93. The molecule has 2 aromatic rings. The van der Waals surface area contributed by atoms with Gasteiger partial charge in [-0.25, -0.2) is 8.78 Å². The Bertz CT molecular complexity index is 839. The SMILES string of the molecule is C[C@@H]1CCc2sc(C(=O)NNC(=O)CSc3cc(F)ccc3F)cc2C1. The van der Waals surface area contributed by atoms with Gasteiger partial charge in [0.1, 0.15) is 11.6 Å². The molecule has 0 radical (unpaired) electrons. The Morgan fingerprint density at radius 3 is 2.88 bits per heavy atom. The van der Waals surface area contributed by atoms with Gasteiger partial charge in [-0.05, 0) is 55.0 Å². The van der Waals surface area contributed by atoms with Crippen molar-refractivity contribution in [3.8, 4) is 0 Å². The van der Waals surface area contributed by atoms with Crippen LogP contribution in [0.15, 0.2) is 29.2 Å². The molecule has 1 heterocycles. The molecule has 0 fully saturated rings. The zero-order valence-corrected chi connectivity index (χ0v) is 15.7. The summed E-state index contributed by atoms with van der Waals surface area (Å²) in [5.41, 5.74) is 5.89. The van der Waals surface area contributed by atoms with Crippen molar-refractivity contribution >= 4 is 34.9 Å². The normalized spacial score (nSPS) is 16.0. The second kappa shape index (κ2) is 8.18. The number of carbonyl (C=O) groups is 2. The smallest absolute Gasteiger partial charge is 0.272 e. The summed E-state index contributed by atoms with van der Waals surface area (Å²) in [6.45, 7) is 2.19. The molecule has 8 heteroatoms. The fourth-order valence-electron chi connectivity index (χ4n) is 2.77. The first-order valence-electron chi connectivity index (χ1n) is 8.21. The topological polar surface area (TPSA) is 58.2 Å². The second-order valence-corrected chi connectivity index (χ2v) is 8.43. The zero-order valence-electron chi connectivity index (χ0n) is 14.1. The maximum atomic E-state index is 13.5. The van der Waals surface area contributed by atoms with Gasteiger partial charge in [-0.2, -0.15) is 0 Å². The van der Waals surface area contributed by atoms with Gasteiger partial charge < -0.3 is 0 Å². The molecule has 1 atom stereocenters. The number of halogens is 2. The molecule has 1 aromatic heterocycles. The molecule has 3 rings (SSSR count). The van der Waals surface area contributed by atoms with Gasteiger partial charge in [0.2, 0.25) is 5.91 Å². The minimum absolute atomic E-state index is 0.0477. The molecule has 1 aliphatic carbocycles. The van der Waals surface area contributed by atoms with Gasteiger partial charge in [0.15, 0.2) is 0 Å². The summed E-state index contributed by atoms with van der Waals surface area (Å²) in [5.74, 6) is -1.55. The van der Waals surface area contributed by atoms with Crippen molar-refractivity contribution in [3.63, 3.8) is 0 Å². The Morgan fingerprint density at radius 2 is 2.08 bits per heavy atom. The maximum Gasteiger partial charge on any atom is 0.279 e. The monoisotopic (exact) mass is 396 g/mol. The quantitative estimate of drug-likeness (QED) is 0.612. The van der Waals surface area contributed by atoms with Crippen LogP contribution >= 0.6 is 23.1 Å². The summed E-state index contributed by atoms with van der Waals surface area (Å²) in [4.78, 5) is 25.9. The zero-order chi connectivity index (χ0) is 18.7. The van der Waals surface area contributed by atoms with Gasteiger partial charge in [0, 0.05) is 9.77 Å². The van der Waals surface area contributed by atoms with Crippen LogP contribution in [0.2, 0.25) is 0 Å². The highest BCUT2D eigenvalue weighted by atomic mass is 32.2. The van der Waals surface area contributed by atoms with Gasteiger partial charge in [0.25, 0.3) is 5.91 Å². The minimum atomic E-state index is -0.591. The van der Waals surface area contributed by atoms with Crippen molar-refractivity contribution in [2.24, 2.45) is 5.92 Å². The van der Waals surface area contributed by atoms with Gasteiger partial charge in [0.05, 0.1) is 10.6 Å². The van der Waals surface area contributed by atoms with Crippen molar-refractivity contribution in [1.82, 2.24) is 10.9 Å². The average Bonchev–Trinajstić information content (AvgIpc) is 3.03. The molecular formula is C18H18F2N2O2S2. The molecule has 0 spiro atoms. The van der Waals surface area contributed by atoms with Crippen molar-refractivity contribution in [2.45, 2.75) is 31.1 Å². The van der Waals surface area contributed by atoms with E-state index in [4.69, 9.17) is 0 Å². The van der Waals surface area contributed by atoms with Crippen LogP contribution in [0.1, 0.15) is 33.5 Å². The predicted octanol–water partition coefficient (Wildman–Crippen LogP) is 3.70. The average molecular weight is 396 g/mol. The van der Waals surface area contributed by atoms with Gasteiger partial charge >= 0.3 is 0 Å². The highest BCUT2D eigenvalue weighted by Crippen LogP contribution is 2.32. The standard InChI is InChI=1S/C18H18F2N2O2S2/c1-10-2-5-14-11(6-10)7-16(26-14)18(24)22-21-17(23)9-25-15-8-12(19)3-4-13(15)20/h3-4,7-8,10H,2,5-6,9H2,1H3,(H,21,23)(H,22,24)/t10-/m1/s1. The minimum Gasteiger partial charge on any atom is -0.272 e.